The predicted molar refractivity (Wildman–Crippen MR) is 63.8 cm³/mol. The summed E-state index contributed by atoms with van der Waals surface area (Å²) in [5, 5.41) is 5.25. The lowest BCUT2D eigenvalue weighted by Gasteiger charge is -2.06. The third kappa shape index (κ3) is 4.21. The summed E-state index contributed by atoms with van der Waals surface area (Å²) in [5.41, 5.74) is 1.18. The van der Waals surface area contributed by atoms with Crippen LogP contribution in [0.2, 0.25) is 0 Å². The summed E-state index contributed by atoms with van der Waals surface area (Å²) >= 11 is 0. The zero-order chi connectivity index (χ0) is 11.8. The van der Waals surface area contributed by atoms with Crippen molar-refractivity contribution in [1.29, 1.82) is 0 Å². The van der Waals surface area contributed by atoms with Gasteiger partial charge in [-0.1, -0.05) is 12.1 Å². The fourth-order valence-electron chi connectivity index (χ4n) is 1.33. The Balaban J connectivity index is 2.34. The normalized spacial score (nSPS) is 9.62. The molecule has 0 atom stereocenters. The summed E-state index contributed by atoms with van der Waals surface area (Å²) in [6.45, 7) is 3.27. The molecule has 0 bridgehead atoms. The van der Waals surface area contributed by atoms with Gasteiger partial charge in [0.2, 0.25) is 0 Å². The number of carbonyl (C=O) groups is 1. The second-order valence-corrected chi connectivity index (χ2v) is 3.33. The van der Waals surface area contributed by atoms with Crippen LogP contribution in [0.1, 0.15) is 12.5 Å². The SMILES string of the molecule is CCOc1ccc(CCNC(=O)NC)cc1. The minimum absolute atomic E-state index is 0.147. The third-order valence-electron chi connectivity index (χ3n) is 2.16. The molecule has 4 heteroatoms. The minimum atomic E-state index is -0.147. The number of carbonyl (C=O) groups excluding carboxylic acids is 1. The Bertz CT molecular complexity index is 322. The molecule has 2 N–H and O–H groups in total. The van der Waals surface area contributed by atoms with E-state index in [0.29, 0.717) is 13.2 Å². The van der Waals surface area contributed by atoms with Crippen LogP contribution in [0.4, 0.5) is 4.79 Å². The molecule has 0 unspecified atom stereocenters. The zero-order valence-electron chi connectivity index (χ0n) is 9.75. The van der Waals surface area contributed by atoms with Gasteiger partial charge in [-0.3, -0.25) is 0 Å². The number of amides is 2. The molecule has 88 valence electrons. The van der Waals surface area contributed by atoms with Gasteiger partial charge >= 0.3 is 6.03 Å². The Morgan fingerprint density at radius 2 is 2.00 bits per heavy atom. The van der Waals surface area contributed by atoms with Crippen molar-refractivity contribution in [1.82, 2.24) is 10.6 Å². The fourth-order valence-corrected chi connectivity index (χ4v) is 1.33. The fraction of sp³-hybridized carbons (Fsp3) is 0.417. The molecule has 2 amide bonds. The van der Waals surface area contributed by atoms with E-state index in [1.165, 1.54) is 5.56 Å². The number of benzene rings is 1. The number of ether oxygens (including phenoxy) is 1. The molecule has 0 radical (unpaired) electrons. The van der Waals surface area contributed by atoms with Crippen LogP contribution in [0.15, 0.2) is 24.3 Å². The first-order chi connectivity index (χ1) is 7.76. The Labute approximate surface area is 96.0 Å². The van der Waals surface area contributed by atoms with Crippen molar-refractivity contribution in [3.8, 4) is 5.75 Å². The number of hydrogen-bond donors (Lipinski definition) is 2. The maximum absolute atomic E-state index is 10.9. The average Bonchev–Trinajstić information content (AvgIpc) is 2.31. The molecular weight excluding hydrogens is 204 g/mol. The van der Waals surface area contributed by atoms with E-state index in [4.69, 9.17) is 4.74 Å². The summed E-state index contributed by atoms with van der Waals surface area (Å²) in [6.07, 6.45) is 0.819. The molecule has 0 aliphatic carbocycles. The number of hydrogen-bond acceptors (Lipinski definition) is 2. The average molecular weight is 222 g/mol. The Morgan fingerprint density at radius 1 is 1.31 bits per heavy atom. The van der Waals surface area contributed by atoms with E-state index in [1.54, 1.807) is 7.05 Å². The van der Waals surface area contributed by atoms with E-state index in [1.807, 2.05) is 31.2 Å². The van der Waals surface area contributed by atoms with Crippen molar-refractivity contribution >= 4 is 6.03 Å². The quantitative estimate of drug-likeness (QED) is 0.794. The van der Waals surface area contributed by atoms with Gasteiger partial charge in [-0.05, 0) is 31.0 Å². The first-order valence-electron chi connectivity index (χ1n) is 5.43. The highest BCUT2D eigenvalue weighted by Crippen LogP contribution is 2.11. The van der Waals surface area contributed by atoms with Gasteiger partial charge in [-0.25, -0.2) is 4.79 Å². The van der Waals surface area contributed by atoms with Crippen molar-refractivity contribution in [3.05, 3.63) is 29.8 Å². The summed E-state index contributed by atoms with van der Waals surface area (Å²) in [6, 6.07) is 7.76. The van der Waals surface area contributed by atoms with Crippen molar-refractivity contribution in [2.24, 2.45) is 0 Å². The van der Waals surface area contributed by atoms with Gasteiger partial charge in [-0.2, -0.15) is 0 Å². The smallest absolute Gasteiger partial charge is 0.314 e. The summed E-state index contributed by atoms with van der Waals surface area (Å²) in [4.78, 5) is 10.9. The lowest BCUT2D eigenvalue weighted by molar-refractivity contribution is 0.243. The van der Waals surface area contributed by atoms with Gasteiger partial charge in [0.1, 0.15) is 5.75 Å². The van der Waals surface area contributed by atoms with Gasteiger partial charge in [0.05, 0.1) is 6.61 Å². The van der Waals surface area contributed by atoms with Gasteiger partial charge in [0.15, 0.2) is 0 Å². The molecule has 0 aliphatic heterocycles. The maximum atomic E-state index is 10.9. The van der Waals surface area contributed by atoms with Gasteiger partial charge in [-0.15, -0.1) is 0 Å². The maximum Gasteiger partial charge on any atom is 0.314 e. The van der Waals surface area contributed by atoms with Gasteiger partial charge < -0.3 is 15.4 Å². The van der Waals surface area contributed by atoms with Crippen molar-refractivity contribution in [2.45, 2.75) is 13.3 Å². The van der Waals surface area contributed by atoms with E-state index in [0.717, 1.165) is 12.2 Å². The number of urea groups is 1. The molecule has 0 spiro atoms. The summed E-state index contributed by atoms with van der Waals surface area (Å²) in [7, 11) is 1.60. The Morgan fingerprint density at radius 3 is 2.56 bits per heavy atom. The lowest BCUT2D eigenvalue weighted by atomic mass is 10.1. The second-order valence-electron chi connectivity index (χ2n) is 3.33. The van der Waals surface area contributed by atoms with Crippen LogP contribution in [0, 0.1) is 0 Å². The molecule has 1 aromatic carbocycles. The van der Waals surface area contributed by atoms with E-state index in [-0.39, 0.29) is 6.03 Å². The van der Waals surface area contributed by atoms with Crippen LogP contribution in [-0.2, 0) is 6.42 Å². The molecule has 0 heterocycles. The van der Waals surface area contributed by atoms with Crippen LogP contribution in [0.3, 0.4) is 0 Å². The molecule has 1 rings (SSSR count). The summed E-state index contributed by atoms with van der Waals surface area (Å²) in [5.74, 6) is 0.880. The number of nitrogens with one attached hydrogen (secondary N) is 2. The Kier molecular flexibility index (Phi) is 5.19. The summed E-state index contributed by atoms with van der Waals surface area (Å²) < 4.78 is 5.34. The second kappa shape index (κ2) is 6.71. The molecule has 0 aliphatic rings. The highest BCUT2D eigenvalue weighted by molar-refractivity contribution is 5.73. The van der Waals surface area contributed by atoms with Crippen LogP contribution in [-0.4, -0.2) is 26.2 Å². The van der Waals surface area contributed by atoms with Crippen LogP contribution in [0.25, 0.3) is 0 Å². The lowest BCUT2D eigenvalue weighted by Crippen LogP contribution is -2.33. The van der Waals surface area contributed by atoms with Crippen molar-refractivity contribution < 1.29 is 9.53 Å². The van der Waals surface area contributed by atoms with Crippen molar-refractivity contribution in [2.75, 3.05) is 20.2 Å². The highest BCUT2D eigenvalue weighted by atomic mass is 16.5. The minimum Gasteiger partial charge on any atom is -0.494 e. The predicted octanol–water partition coefficient (Wildman–Crippen LogP) is 1.56. The van der Waals surface area contributed by atoms with Crippen LogP contribution < -0.4 is 15.4 Å². The van der Waals surface area contributed by atoms with Crippen LogP contribution in [0.5, 0.6) is 5.75 Å². The Hall–Kier alpha value is -1.71. The molecular formula is C12H18N2O2. The molecule has 0 fully saturated rings. The first kappa shape index (κ1) is 12.4. The van der Waals surface area contributed by atoms with Gasteiger partial charge in [0.25, 0.3) is 0 Å². The van der Waals surface area contributed by atoms with Crippen molar-refractivity contribution in [3.63, 3.8) is 0 Å². The molecule has 0 saturated carbocycles. The van der Waals surface area contributed by atoms with E-state index >= 15 is 0 Å². The molecule has 16 heavy (non-hydrogen) atoms. The largest absolute Gasteiger partial charge is 0.494 e. The van der Waals surface area contributed by atoms with E-state index < -0.39 is 0 Å². The molecule has 4 nitrogen and oxygen atoms in total. The molecule has 0 saturated heterocycles. The van der Waals surface area contributed by atoms with E-state index in [9.17, 15) is 4.79 Å². The topological polar surface area (TPSA) is 50.4 Å². The zero-order valence-corrected chi connectivity index (χ0v) is 9.75. The molecule has 1 aromatic rings. The van der Waals surface area contributed by atoms with E-state index in [2.05, 4.69) is 10.6 Å². The highest BCUT2D eigenvalue weighted by Gasteiger charge is 1.97. The van der Waals surface area contributed by atoms with Gasteiger partial charge in [0, 0.05) is 13.6 Å². The molecule has 0 aromatic heterocycles. The number of rotatable bonds is 5. The standard InChI is InChI=1S/C12H18N2O2/c1-3-16-11-6-4-10(5-7-11)8-9-14-12(15)13-2/h4-7H,3,8-9H2,1-2H3,(H2,13,14,15). The van der Waals surface area contributed by atoms with Crippen LogP contribution >= 0.6 is 0 Å². The monoisotopic (exact) mass is 222 g/mol. The third-order valence-corrected chi connectivity index (χ3v) is 2.16. The first-order valence-corrected chi connectivity index (χ1v) is 5.43.